The predicted molar refractivity (Wildman–Crippen MR) is 265 cm³/mol. The van der Waals surface area contributed by atoms with Gasteiger partial charge in [-0.15, -0.1) is 10.2 Å². The molecule has 0 fully saturated rings. The van der Waals surface area contributed by atoms with Crippen molar-refractivity contribution in [3.05, 3.63) is 119 Å². The standard InChI is InChI=1S/C52H63F3N10O8.HI/c1-32(66)45(48(72)61-73)60-44(69)31-57-43(68)30-58-47(71)37(59-46(70)33-24-26-34(27-25-33)51(62-63-51)52(53,54)55)18-11-13-28-56-42(67)23-12-14-29-65-39-20-10-8-17-36(39)50(4,5)41(65)22-15-21-40-49(2,3)35-16-7-9-19-38(35)64(40)6;/h7-10,15-17,19-22,24-27,32,37,45,66H,11-14,18,23,28-31H2,1-6H3,(H6-,56,57,58,59,60,61,62,63,67,68,69,70,71,72,73);1H/t32-,37+,45+;/m1./s1. The molecule has 6 rings (SSSR count). The molecule has 0 aromatic heterocycles. The summed E-state index contributed by atoms with van der Waals surface area (Å²) in [4.78, 5) is 78.6. The minimum atomic E-state index is -4.77. The van der Waals surface area contributed by atoms with Crippen LogP contribution in [0.1, 0.15) is 100 Å². The van der Waals surface area contributed by atoms with Crippen LogP contribution in [-0.4, -0.2) is 114 Å². The summed E-state index contributed by atoms with van der Waals surface area (Å²) in [5, 5.41) is 37.1. The zero-order valence-corrected chi connectivity index (χ0v) is 44.3. The van der Waals surface area contributed by atoms with Crippen molar-refractivity contribution in [1.82, 2.24) is 32.1 Å². The van der Waals surface area contributed by atoms with Gasteiger partial charge in [-0.05, 0) is 82.7 Å². The Labute approximate surface area is 444 Å². The molecule has 0 aliphatic carbocycles. The van der Waals surface area contributed by atoms with Crippen LogP contribution in [0.15, 0.2) is 107 Å². The average Bonchev–Trinajstić information content (AvgIpc) is 4.12. The number of unbranched alkanes of at least 4 members (excludes halogenated alkanes) is 2. The number of nitrogens with one attached hydrogen (secondary N) is 6. The predicted octanol–water partition coefficient (Wildman–Crippen LogP) is 1.97. The van der Waals surface area contributed by atoms with E-state index in [-0.39, 0.29) is 71.2 Å². The second kappa shape index (κ2) is 24.7. The highest BCUT2D eigenvalue weighted by Crippen LogP contribution is 2.52. The maximum atomic E-state index is 13.6. The second-order valence-corrected chi connectivity index (χ2v) is 19.3. The van der Waals surface area contributed by atoms with E-state index >= 15 is 0 Å². The lowest BCUT2D eigenvalue weighted by molar-refractivity contribution is -0.401. The van der Waals surface area contributed by atoms with E-state index in [1.54, 1.807) is 0 Å². The van der Waals surface area contributed by atoms with Crippen LogP contribution in [0.5, 0.6) is 0 Å². The van der Waals surface area contributed by atoms with Gasteiger partial charge in [0, 0.05) is 65.1 Å². The Kier molecular flexibility index (Phi) is 19.5. The Morgan fingerprint density at radius 3 is 2.05 bits per heavy atom. The van der Waals surface area contributed by atoms with Crippen LogP contribution in [0.2, 0.25) is 0 Å². The molecule has 3 aromatic carbocycles. The molecule has 6 amide bonds. The highest BCUT2D eigenvalue weighted by Gasteiger charge is 2.65. The van der Waals surface area contributed by atoms with Crippen molar-refractivity contribution in [2.24, 2.45) is 10.2 Å². The third kappa shape index (κ3) is 13.4. The molecule has 8 N–H and O–H groups in total. The fraction of sp³-hybridized carbons (Fsp3) is 0.442. The van der Waals surface area contributed by atoms with Gasteiger partial charge in [-0.3, -0.25) is 34.0 Å². The van der Waals surface area contributed by atoms with E-state index in [0.29, 0.717) is 25.8 Å². The topological polar surface area (TPSA) is 246 Å². The molecule has 3 heterocycles. The number of aliphatic hydroxyl groups excluding tert-OH is 1. The smallest absolute Gasteiger partial charge is 0.442 e. The van der Waals surface area contributed by atoms with Crippen molar-refractivity contribution in [3.63, 3.8) is 0 Å². The molecule has 3 aliphatic heterocycles. The van der Waals surface area contributed by atoms with Crippen molar-refractivity contribution >= 4 is 52.5 Å². The van der Waals surface area contributed by atoms with Crippen LogP contribution < -0.4 is 60.9 Å². The van der Waals surface area contributed by atoms with Crippen molar-refractivity contribution in [2.75, 3.05) is 38.1 Å². The molecule has 3 atom stereocenters. The SMILES string of the molecule is C[C@@H](O)[C@H](NC(=O)CNC(=O)CNC(=O)[C@H](CCCCNC(=O)CCCCN1/C(=C/C=C/C2=[N+](C)c3ccccc3C2(C)C)C(C)(C)c2ccccc21)NC(=O)c1ccc(C2(C(F)(F)F)N=N2)cc1)C(=O)NO.[I-]. The number of rotatable bonds is 23. The third-order valence-electron chi connectivity index (χ3n) is 13.5. The molecule has 0 radical (unpaired) electrons. The molecule has 22 heteroatoms. The Morgan fingerprint density at radius 2 is 1.42 bits per heavy atom. The Morgan fingerprint density at radius 1 is 0.770 bits per heavy atom. The van der Waals surface area contributed by atoms with Crippen molar-refractivity contribution in [3.8, 4) is 0 Å². The number of halogens is 4. The summed E-state index contributed by atoms with van der Waals surface area (Å²) in [6, 6.07) is 18.5. The highest BCUT2D eigenvalue weighted by atomic mass is 127. The fourth-order valence-electron chi connectivity index (χ4n) is 9.30. The number of aliphatic hydroxyl groups is 1. The van der Waals surface area contributed by atoms with Crippen LogP contribution in [0, 0.1) is 0 Å². The van der Waals surface area contributed by atoms with E-state index in [0.717, 1.165) is 42.1 Å². The molecule has 3 aliphatic rings. The number of benzene rings is 3. The number of amides is 6. The molecule has 3 aromatic rings. The van der Waals surface area contributed by atoms with Gasteiger partial charge in [0.05, 0.1) is 24.6 Å². The number of carbonyl (C=O) groups excluding carboxylic acids is 6. The second-order valence-electron chi connectivity index (χ2n) is 19.3. The van der Waals surface area contributed by atoms with Gasteiger partial charge in [-0.2, -0.15) is 17.7 Å². The highest BCUT2D eigenvalue weighted by molar-refractivity contribution is 6.03. The number of carbonyl (C=O) groups is 6. The summed E-state index contributed by atoms with van der Waals surface area (Å²) in [5.41, 5.74) is 5.07. The number of anilines is 1. The molecule has 0 spiro atoms. The van der Waals surface area contributed by atoms with E-state index < -0.39 is 72.7 Å². The van der Waals surface area contributed by atoms with Gasteiger partial charge >= 0.3 is 11.8 Å². The number of fused-ring (bicyclic) bond motifs is 2. The molecule has 0 saturated carbocycles. The van der Waals surface area contributed by atoms with E-state index in [1.807, 2.05) is 6.07 Å². The summed E-state index contributed by atoms with van der Waals surface area (Å²) in [5.74, 6) is -4.55. The molecule has 74 heavy (non-hydrogen) atoms. The quantitative estimate of drug-likeness (QED) is 0.0227. The van der Waals surface area contributed by atoms with Crippen LogP contribution in [-0.2, 0) is 40.5 Å². The van der Waals surface area contributed by atoms with Gasteiger partial charge in [0.15, 0.2) is 5.71 Å². The van der Waals surface area contributed by atoms with Crippen LogP contribution >= 0.6 is 0 Å². The molecule has 18 nitrogen and oxygen atoms in total. The van der Waals surface area contributed by atoms with E-state index in [1.165, 1.54) is 34.9 Å². The molecular formula is C52H64F3IN10O8. The first-order valence-corrected chi connectivity index (χ1v) is 24.1. The first kappa shape index (κ1) is 58.4. The molecule has 0 unspecified atom stereocenters. The van der Waals surface area contributed by atoms with Gasteiger partial charge in [0.2, 0.25) is 29.3 Å². The summed E-state index contributed by atoms with van der Waals surface area (Å²) in [6.07, 6.45) is 2.79. The monoisotopic (exact) mass is 1140 g/mol. The van der Waals surface area contributed by atoms with Gasteiger partial charge in [0.1, 0.15) is 19.1 Å². The van der Waals surface area contributed by atoms with Crippen molar-refractivity contribution in [1.29, 1.82) is 0 Å². The number of hydrogen-bond acceptors (Lipinski definition) is 11. The average molecular weight is 1140 g/mol. The van der Waals surface area contributed by atoms with Crippen molar-refractivity contribution < 1.29 is 80.8 Å². The Bertz CT molecular complexity index is 2700. The minimum absolute atomic E-state index is 0. The lowest BCUT2D eigenvalue weighted by atomic mass is 9.81. The minimum Gasteiger partial charge on any atom is -1.00 e. The molecule has 0 saturated heterocycles. The number of allylic oxidation sites excluding steroid dienone is 4. The maximum Gasteiger partial charge on any atom is 0.442 e. The van der Waals surface area contributed by atoms with Crippen molar-refractivity contribution in [2.45, 2.75) is 114 Å². The first-order chi connectivity index (χ1) is 34.5. The number of hydrogen-bond donors (Lipinski definition) is 8. The van der Waals surface area contributed by atoms with Crippen LogP contribution in [0.25, 0.3) is 0 Å². The lowest BCUT2D eigenvalue weighted by Gasteiger charge is -2.27. The zero-order chi connectivity index (χ0) is 53.3. The number of para-hydroxylation sites is 2. The lowest BCUT2D eigenvalue weighted by Crippen LogP contribution is -3.00. The molecule has 0 bridgehead atoms. The number of hydroxylamine groups is 1. The normalized spacial score (nSPS) is 17.3. The summed E-state index contributed by atoms with van der Waals surface area (Å²) in [6.45, 7) is 9.78. The fourth-order valence-corrected chi connectivity index (χ4v) is 9.30. The van der Waals surface area contributed by atoms with E-state index in [9.17, 15) is 47.0 Å². The van der Waals surface area contributed by atoms with Gasteiger partial charge in [-0.1, -0.05) is 68.5 Å². The largest absolute Gasteiger partial charge is 1.00 e. The van der Waals surface area contributed by atoms with Gasteiger partial charge < -0.3 is 60.6 Å². The number of nitrogens with zero attached hydrogens (tertiary/aromatic N) is 4. The van der Waals surface area contributed by atoms with Gasteiger partial charge in [-0.25, -0.2) is 5.48 Å². The molecular weight excluding hydrogens is 1080 g/mol. The zero-order valence-electron chi connectivity index (χ0n) is 42.1. The third-order valence-corrected chi connectivity index (χ3v) is 13.5. The maximum absolute atomic E-state index is 13.6. The van der Waals surface area contributed by atoms with Crippen LogP contribution in [0.4, 0.5) is 24.5 Å². The summed E-state index contributed by atoms with van der Waals surface area (Å²) in [7, 11) is 2.10. The first-order valence-electron chi connectivity index (χ1n) is 24.1. The molecule has 398 valence electrons. The number of alkyl halides is 3. The van der Waals surface area contributed by atoms with Gasteiger partial charge in [0.25, 0.3) is 11.8 Å². The Hall–Kier alpha value is -6.53. The van der Waals surface area contributed by atoms with E-state index in [4.69, 9.17) is 5.21 Å². The summed E-state index contributed by atoms with van der Waals surface area (Å²) >= 11 is 0. The van der Waals surface area contributed by atoms with Crippen LogP contribution in [0.3, 0.4) is 0 Å². The summed E-state index contributed by atoms with van der Waals surface area (Å²) < 4.78 is 42.9. The van der Waals surface area contributed by atoms with E-state index in [2.05, 4.69) is 142 Å². The Balaban J connectivity index is 0.0000101.